The Hall–Kier alpha value is -1.39. The molecule has 0 aliphatic carbocycles. The molecular weight excluding hydrogens is 308 g/mol. The highest BCUT2D eigenvalue weighted by Gasteiger charge is 2.32. The molecule has 2 aromatic rings. The van der Waals surface area contributed by atoms with Crippen molar-refractivity contribution in [2.45, 2.75) is 52.1 Å². The lowest BCUT2D eigenvalue weighted by Gasteiger charge is -2.40. The minimum atomic E-state index is 0.351. The minimum Gasteiger partial charge on any atom is -0.310 e. The van der Waals surface area contributed by atoms with Gasteiger partial charge in [0.2, 0.25) is 0 Å². The molecule has 3 heterocycles. The van der Waals surface area contributed by atoms with Crippen molar-refractivity contribution in [1.82, 2.24) is 20.0 Å². The van der Waals surface area contributed by atoms with E-state index in [9.17, 15) is 0 Å². The maximum Gasteiger partial charge on any atom is 0.0926 e. The third-order valence-corrected chi connectivity index (χ3v) is 5.99. The Labute approximate surface area is 151 Å². The molecule has 2 saturated heterocycles. The lowest BCUT2D eigenvalue weighted by molar-refractivity contribution is 0.0925. The summed E-state index contributed by atoms with van der Waals surface area (Å²) < 4.78 is 2.22. The number of aromatic nitrogens is 2. The average molecular weight is 341 g/mol. The summed E-state index contributed by atoms with van der Waals surface area (Å²) in [4.78, 5) is 2.44. The summed E-state index contributed by atoms with van der Waals surface area (Å²) in [6.07, 6.45) is 5.98. The predicted octanol–water partition coefficient (Wildman–Crippen LogP) is 4.00. The smallest absolute Gasteiger partial charge is 0.0926 e. The van der Waals surface area contributed by atoms with E-state index in [1.807, 2.05) is 0 Å². The highest BCUT2D eigenvalue weighted by molar-refractivity contribution is 5.78. The highest BCUT2D eigenvalue weighted by Crippen LogP contribution is 2.35. The van der Waals surface area contributed by atoms with Crippen LogP contribution in [0.15, 0.2) is 24.4 Å². The highest BCUT2D eigenvalue weighted by atomic mass is 15.3. The summed E-state index contributed by atoms with van der Waals surface area (Å²) in [7, 11) is 2.23. The van der Waals surface area contributed by atoms with Gasteiger partial charge in [-0.3, -0.25) is 4.68 Å². The first-order valence-electron chi connectivity index (χ1n) is 9.80. The van der Waals surface area contributed by atoms with Crippen molar-refractivity contribution in [1.29, 1.82) is 0 Å². The maximum atomic E-state index is 4.97. The standard InChI is InChI=1S/C21H32N4/c1-15-5-8-19(22-11-15)16-6-7-17-12-25(23-20(17)9-16)18-10-21(2,3)14-24(4)13-18/h6-7,9,12,15,18-19,22H,5,8,10-11,13-14H2,1-4H3/t15-,18-,19+/m0/s1. The van der Waals surface area contributed by atoms with E-state index < -0.39 is 0 Å². The van der Waals surface area contributed by atoms with Gasteiger partial charge in [-0.1, -0.05) is 32.9 Å². The topological polar surface area (TPSA) is 33.1 Å². The zero-order chi connectivity index (χ0) is 17.6. The van der Waals surface area contributed by atoms with Gasteiger partial charge in [-0.25, -0.2) is 0 Å². The normalized spacial score (nSPS) is 30.6. The molecule has 3 atom stereocenters. The van der Waals surface area contributed by atoms with Crippen LogP contribution in [0.3, 0.4) is 0 Å². The van der Waals surface area contributed by atoms with Crippen LogP contribution >= 0.6 is 0 Å². The predicted molar refractivity (Wildman–Crippen MR) is 104 cm³/mol. The van der Waals surface area contributed by atoms with Gasteiger partial charge in [-0.2, -0.15) is 5.10 Å². The number of piperidine rings is 2. The molecule has 0 radical (unpaired) electrons. The zero-order valence-corrected chi connectivity index (χ0v) is 16.1. The quantitative estimate of drug-likeness (QED) is 0.897. The minimum absolute atomic E-state index is 0.351. The van der Waals surface area contributed by atoms with Gasteiger partial charge in [0, 0.05) is 30.7 Å². The zero-order valence-electron chi connectivity index (χ0n) is 16.1. The molecule has 136 valence electrons. The summed E-state index contributed by atoms with van der Waals surface area (Å²) in [6, 6.07) is 7.81. The van der Waals surface area contributed by atoms with E-state index in [0.29, 0.717) is 17.5 Å². The molecule has 4 rings (SSSR count). The van der Waals surface area contributed by atoms with E-state index in [4.69, 9.17) is 5.10 Å². The van der Waals surface area contributed by atoms with Crippen molar-refractivity contribution in [2.75, 3.05) is 26.7 Å². The number of likely N-dealkylation sites (N-methyl/N-ethyl adjacent to an activating group) is 1. The number of nitrogens with zero attached hydrogens (tertiary/aromatic N) is 3. The molecule has 4 nitrogen and oxygen atoms in total. The number of hydrogen-bond donors (Lipinski definition) is 1. The molecule has 2 fully saturated rings. The number of likely N-dealkylation sites (tertiary alicyclic amines) is 1. The number of hydrogen-bond acceptors (Lipinski definition) is 3. The van der Waals surface area contributed by atoms with E-state index in [-0.39, 0.29) is 0 Å². The molecule has 25 heavy (non-hydrogen) atoms. The molecule has 0 saturated carbocycles. The van der Waals surface area contributed by atoms with Crippen LogP contribution in [0.4, 0.5) is 0 Å². The number of rotatable bonds is 2. The van der Waals surface area contributed by atoms with Crippen molar-refractivity contribution in [3.63, 3.8) is 0 Å². The lowest BCUT2D eigenvalue weighted by Crippen LogP contribution is -2.43. The largest absolute Gasteiger partial charge is 0.310 e. The Balaban J connectivity index is 1.58. The summed E-state index contributed by atoms with van der Waals surface area (Å²) in [5, 5.41) is 9.93. The SMILES string of the molecule is C[C@H]1CC[C@H](c2ccc3cn([C@@H]4CN(C)CC(C)(C)C4)nc3c2)NC1. The Morgan fingerprint density at radius 1 is 1.24 bits per heavy atom. The fraction of sp³-hybridized carbons (Fsp3) is 0.667. The van der Waals surface area contributed by atoms with Crippen LogP contribution in [-0.4, -0.2) is 41.4 Å². The van der Waals surface area contributed by atoms with Crippen LogP contribution in [0.2, 0.25) is 0 Å². The monoisotopic (exact) mass is 340 g/mol. The van der Waals surface area contributed by atoms with Gasteiger partial charge in [0.25, 0.3) is 0 Å². The van der Waals surface area contributed by atoms with E-state index in [1.165, 1.54) is 36.8 Å². The molecule has 2 aliphatic rings. The van der Waals surface area contributed by atoms with Crippen molar-refractivity contribution in [3.8, 4) is 0 Å². The summed E-state index contributed by atoms with van der Waals surface area (Å²) in [5.74, 6) is 0.797. The third kappa shape index (κ3) is 3.61. The first-order valence-corrected chi connectivity index (χ1v) is 9.80. The molecule has 1 N–H and O–H groups in total. The van der Waals surface area contributed by atoms with E-state index >= 15 is 0 Å². The van der Waals surface area contributed by atoms with E-state index in [1.54, 1.807) is 0 Å². The second-order valence-corrected chi connectivity index (χ2v) is 9.29. The molecule has 4 heteroatoms. The van der Waals surface area contributed by atoms with Crippen molar-refractivity contribution in [2.24, 2.45) is 11.3 Å². The molecule has 0 spiro atoms. The average Bonchev–Trinajstić information content (AvgIpc) is 2.97. The Bertz CT molecular complexity index is 739. The van der Waals surface area contributed by atoms with Gasteiger partial charge in [-0.15, -0.1) is 0 Å². The fourth-order valence-electron chi connectivity index (χ4n) is 4.84. The number of nitrogens with one attached hydrogen (secondary N) is 1. The van der Waals surface area contributed by atoms with E-state index in [0.717, 1.165) is 24.5 Å². The molecule has 1 aromatic carbocycles. The Morgan fingerprint density at radius 3 is 2.80 bits per heavy atom. The second kappa shape index (κ2) is 6.40. The van der Waals surface area contributed by atoms with Crippen molar-refractivity contribution in [3.05, 3.63) is 30.0 Å². The molecule has 0 unspecified atom stereocenters. The molecule has 2 aliphatic heterocycles. The molecular formula is C21H32N4. The van der Waals surface area contributed by atoms with Crippen LogP contribution in [-0.2, 0) is 0 Å². The van der Waals surface area contributed by atoms with Gasteiger partial charge < -0.3 is 10.2 Å². The number of benzene rings is 1. The van der Waals surface area contributed by atoms with Gasteiger partial charge in [0.05, 0.1) is 11.6 Å². The fourth-order valence-corrected chi connectivity index (χ4v) is 4.84. The van der Waals surface area contributed by atoms with Crippen LogP contribution < -0.4 is 5.32 Å². The summed E-state index contributed by atoms with van der Waals surface area (Å²) in [6.45, 7) is 10.4. The third-order valence-electron chi connectivity index (χ3n) is 5.99. The first-order chi connectivity index (χ1) is 11.9. The van der Waals surface area contributed by atoms with E-state index in [2.05, 4.69) is 67.1 Å². The summed E-state index contributed by atoms with van der Waals surface area (Å²) in [5.41, 5.74) is 2.89. The lowest BCUT2D eigenvalue weighted by atomic mass is 9.82. The Kier molecular flexibility index (Phi) is 4.37. The van der Waals surface area contributed by atoms with Crippen molar-refractivity contribution < 1.29 is 0 Å². The summed E-state index contributed by atoms with van der Waals surface area (Å²) >= 11 is 0. The van der Waals surface area contributed by atoms with Gasteiger partial charge >= 0.3 is 0 Å². The second-order valence-electron chi connectivity index (χ2n) is 9.29. The van der Waals surface area contributed by atoms with Crippen LogP contribution in [0.25, 0.3) is 10.9 Å². The van der Waals surface area contributed by atoms with Crippen LogP contribution in [0, 0.1) is 11.3 Å². The first kappa shape index (κ1) is 17.0. The van der Waals surface area contributed by atoms with Gasteiger partial charge in [0.1, 0.15) is 0 Å². The van der Waals surface area contributed by atoms with Gasteiger partial charge in [-0.05, 0) is 55.8 Å². The van der Waals surface area contributed by atoms with Crippen LogP contribution in [0.5, 0.6) is 0 Å². The van der Waals surface area contributed by atoms with Crippen molar-refractivity contribution >= 4 is 10.9 Å². The van der Waals surface area contributed by atoms with Crippen LogP contribution in [0.1, 0.15) is 57.7 Å². The number of fused-ring (bicyclic) bond motifs is 1. The molecule has 0 bridgehead atoms. The maximum absolute atomic E-state index is 4.97. The molecule has 1 aromatic heterocycles. The van der Waals surface area contributed by atoms with Gasteiger partial charge in [0.15, 0.2) is 0 Å². The Morgan fingerprint density at radius 2 is 2.08 bits per heavy atom. The molecule has 0 amide bonds.